The van der Waals surface area contributed by atoms with Gasteiger partial charge in [0.15, 0.2) is 0 Å². The average Bonchev–Trinajstić information content (AvgIpc) is 3.15. The van der Waals surface area contributed by atoms with E-state index in [9.17, 15) is 4.79 Å². The summed E-state index contributed by atoms with van der Waals surface area (Å²) in [5.74, 6) is 0.459. The minimum absolute atomic E-state index is 0.357. The lowest BCUT2D eigenvalue weighted by atomic mass is 10.2. The number of benzene rings is 2. The lowest BCUT2D eigenvalue weighted by Crippen LogP contribution is -2.00. The summed E-state index contributed by atoms with van der Waals surface area (Å²) in [5, 5.41) is 0. The Balaban J connectivity index is 1.80. The Bertz CT molecular complexity index is 878. The van der Waals surface area contributed by atoms with E-state index in [-0.39, 0.29) is 5.97 Å². The normalized spacial score (nSPS) is 10.8. The molecule has 3 rings (SSSR count). The first-order valence-electron chi connectivity index (χ1n) is 7.75. The van der Waals surface area contributed by atoms with Gasteiger partial charge in [-0.1, -0.05) is 0 Å². The zero-order valence-electron chi connectivity index (χ0n) is 14.0. The summed E-state index contributed by atoms with van der Waals surface area (Å²) in [7, 11) is 3.01. The van der Waals surface area contributed by atoms with Gasteiger partial charge in [-0.15, -0.1) is 0 Å². The summed E-state index contributed by atoms with van der Waals surface area (Å²) >= 11 is 0. The highest BCUT2D eigenvalue weighted by Gasteiger charge is 2.04. The lowest BCUT2D eigenvalue weighted by molar-refractivity contribution is 0.0601. The molecule has 0 aliphatic rings. The zero-order chi connectivity index (χ0) is 17.6. The van der Waals surface area contributed by atoms with Crippen LogP contribution >= 0.6 is 0 Å². The van der Waals surface area contributed by atoms with Crippen LogP contribution in [0, 0.1) is 0 Å². The Kier molecular flexibility index (Phi) is 4.95. The van der Waals surface area contributed by atoms with Gasteiger partial charge in [-0.2, -0.15) is 0 Å². The molecule has 0 saturated carbocycles. The molecule has 0 aliphatic heterocycles. The first-order valence-corrected chi connectivity index (χ1v) is 7.75. The van der Waals surface area contributed by atoms with E-state index in [2.05, 4.69) is 9.73 Å². The molecule has 0 saturated heterocycles. The summed E-state index contributed by atoms with van der Waals surface area (Å²) in [4.78, 5) is 15.9. The number of hydrogen-bond donors (Lipinski definition) is 0. The van der Waals surface area contributed by atoms with Crippen molar-refractivity contribution in [1.29, 1.82) is 0 Å². The number of carbonyl (C=O) groups is 1. The van der Waals surface area contributed by atoms with E-state index in [4.69, 9.17) is 4.74 Å². The van der Waals surface area contributed by atoms with Crippen molar-refractivity contribution in [3.05, 3.63) is 78.1 Å². The van der Waals surface area contributed by atoms with Crippen molar-refractivity contribution in [2.75, 3.05) is 14.2 Å². The van der Waals surface area contributed by atoms with E-state index in [1.807, 2.05) is 47.2 Å². The molecule has 3 aromatic rings. The minimum Gasteiger partial charge on any atom is -0.497 e. The number of methoxy groups -OCH3 is 2. The smallest absolute Gasteiger partial charge is 0.337 e. The number of rotatable bonds is 5. The summed E-state index contributed by atoms with van der Waals surface area (Å²) in [6.07, 6.45) is 3.76. The van der Waals surface area contributed by atoms with Gasteiger partial charge in [-0.25, -0.2) is 4.79 Å². The lowest BCUT2D eigenvalue weighted by Gasteiger charge is -2.07. The molecule has 0 spiro atoms. The van der Waals surface area contributed by atoms with E-state index in [1.165, 1.54) is 7.11 Å². The van der Waals surface area contributed by atoms with Crippen LogP contribution in [0.4, 0.5) is 5.69 Å². The summed E-state index contributed by atoms with van der Waals surface area (Å²) < 4.78 is 11.9. The maximum Gasteiger partial charge on any atom is 0.337 e. The molecule has 1 heterocycles. The topological polar surface area (TPSA) is 52.8 Å². The predicted molar refractivity (Wildman–Crippen MR) is 97.4 cm³/mol. The fourth-order valence-corrected chi connectivity index (χ4v) is 2.42. The van der Waals surface area contributed by atoms with Gasteiger partial charge >= 0.3 is 5.97 Å². The van der Waals surface area contributed by atoms with Crippen molar-refractivity contribution in [1.82, 2.24) is 4.57 Å². The second-order valence-electron chi connectivity index (χ2n) is 5.30. The summed E-state index contributed by atoms with van der Waals surface area (Å²) in [6.45, 7) is 0. The van der Waals surface area contributed by atoms with E-state index in [1.54, 1.807) is 37.6 Å². The van der Waals surface area contributed by atoms with Gasteiger partial charge in [0, 0.05) is 11.9 Å². The van der Waals surface area contributed by atoms with Crippen molar-refractivity contribution in [2.24, 2.45) is 4.99 Å². The van der Waals surface area contributed by atoms with E-state index >= 15 is 0 Å². The molecule has 0 bridgehead atoms. The second kappa shape index (κ2) is 7.49. The van der Waals surface area contributed by atoms with Crippen LogP contribution in [0.15, 0.2) is 71.9 Å². The first kappa shape index (κ1) is 16.5. The zero-order valence-corrected chi connectivity index (χ0v) is 14.0. The van der Waals surface area contributed by atoms with Crippen molar-refractivity contribution in [3.8, 4) is 11.4 Å². The Hall–Kier alpha value is -3.34. The van der Waals surface area contributed by atoms with Crippen molar-refractivity contribution in [3.63, 3.8) is 0 Å². The Morgan fingerprint density at radius 1 is 1.00 bits per heavy atom. The first-order chi connectivity index (χ1) is 12.2. The number of ether oxygens (including phenoxy) is 2. The Labute approximate surface area is 146 Å². The largest absolute Gasteiger partial charge is 0.497 e. The third-order valence-corrected chi connectivity index (χ3v) is 3.77. The molecule has 126 valence electrons. The Morgan fingerprint density at radius 3 is 2.36 bits per heavy atom. The highest BCUT2D eigenvalue weighted by Crippen LogP contribution is 2.18. The molecule has 0 amide bonds. The number of aliphatic imine (C=N–C) groups is 1. The molecule has 0 atom stereocenters. The molecule has 5 nitrogen and oxygen atoms in total. The minimum atomic E-state index is -0.357. The molecular formula is C20H18N2O3. The fraction of sp³-hybridized carbons (Fsp3) is 0.100. The van der Waals surface area contributed by atoms with Crippen molar-refractivity contribution in [2.45, 2.75) is 0 Å². The molecule has 25 heavy (non-hydrogen) atoms. The molecule has 0 unspecified atom stereocenters. The van der Waals surface area contributed by atoms with E-state index in [0.717, 1.165) is 22.8 Å². The Morgan fingerprint density at radius 2 is 1.72 bits per heavy atom. The molecular weight excluding hydrogens is 316 g/mol. The van der Waals surface area contributed by atoms with Gasteiger partial charge < -0.3 is 14.0 Å². The van der Waals surface area contributed by atoms with Gasteiger partial charge in [0.2, 0.25) is 0 Å². The number of carbonyl (C=O) groups excluding carboxylic acids is 1. The number of aromatic nitrogens is 1. The van der Waals surface area contributed by atoms with E-state index in [0.29, 0.717) is 5.56 Å². The molecule has 1 aromatic heterocycles. The monoisotopic (exact) mass is 334 g/mol. The maximum absolute atomic E-state index is 11.4. The summed E-state index contributed by atoms with van der Waals surface area (Å²) in [6, 6.07) is 18.7. The van der Waals surface area contributed by atoms with Crippen LogP contribution in [0.25, 0.3) is 5.69 Å². The van der Waals surface area contributed by atoms with Gasteiger partial charge in [0.1, 0.15) is 5.75 Å². The fourth-order valence-electron chi connectivity index (χ4n) is 2.42. The number of esters is 1. The van der Waals surface area contributed by atoms with Crippen LogP contribution in [0.1, 0.15) is 16.1 Å². The van der Waals surface area contributed by atoms with Crippen LogP contribution in [0.5, 0.6) is 5.75 Å². The van der Waals surface area contributed by atoms with Crippen LogP contribution in [0.2, 0.25) is 0 Å². The van der Waals surface area contributed by atoms with E-state index < -0.39 is 0 Å². The quantitative estimate of drug-likeness (QED) is 0.523. The molecule has 0 aliphatic carbocycles. The van der Waals surface area contributed by atoms with Crippen LogP contribution in [0.3, 0.4) is 0 Å². The summed E-state index contributed by atoms with van der Waals surface area (Å²) in [5.41, 5.74) is 3.23. The van der Waals surface area contributed by atoms with Gasteiger partial charge in [-0.3, -0.25) is 4.99 Å². The van der Waals surface area contributed by atoms with Gasteiger partial charge in [0.05, 0.1) is 37.4 Å². The van der Waals surface area contributed by atoms with Gasteiger partial charge in [-0.05, 0) is 60.7 Å². The van der Waals surface area contributed by atoms with Gasteiger partial charge in [0.25, 0.3) is 0 Å². The van der Waals surface area contributed by atoms with Crippen molar-refractivity contribution < 1.29 is 14.3 Å². The highest BCUT2D eigenvalue weighted by atomic mass is 16.5. The SMILES string of the molecule is COC(=O)c1ccc(N=Cc2cccn2-c2ccc(OC)cc2)cc1. The molecule has 0 N–H and O–H groups in total. The molecule has 2 aromatic carbocycles. The highest BCUT2D eigenvalue weighted by molar-refractivity contribution is 5.89. The molecule has 0 fully saturated rings. The van der Waals surface area contributed by atoms with Crippen molar-refractivity contribution >= 4 is 17.9 Å². The number of hydrogen-bond acceptors (Lipinski definition) is 4. The third-order valence-electron chi connectivity index (χ3n) is 3.77. The number of nitrogens with zero attached hydrogens (tertiary/aromatic N) is 2. The van der Waals surface area contributed by atoms with Crippen LogP contribution in [-0.4, -0.2) is 31.0 Å². The molecule has 5 heteroatoms. The molecule has 0 radical (unpaired) electrons. The third kappa shape index (κ3) is 3.77. The van der Waals surface area contributed by atoms with Crippen LogP contribution in [-0.2, 0) is 4.74 Å². The standard InChI is InChI=1S/C20H18N2O3/c1-24-19-11-9-17(10-12-19)22-13-3-4-18(22)14-21-16-7-5-15(6-8-16)20(23)25-2/h3-14H,1-2H3. The average molecular weight is 334 g/mol. The second-order valence-corrected chi connectivity index (χ2v) is 5.30. The predicted octanol–water partition coefficient (Wildman–Crippen LogP) is 4.02. The van der Waals surface area contributed by atoms with Crippen LogP contribution < -0.4 is 4.74 Å². The maximum atomic E-state index is 11.4.